The summed E-state index contributed by atoms with van der Waals surface area (Å²) < 4.78 is 19.0. The van der Waals surface area contributed by atoms with Gasteiger partial charge in [-0.3, -0.25) is 0 Å². The van der Waals surface area contributed by atoms with Gasteiger partial charge in [-0.05, 0) is 24.3 Å². The minimum absolute atomic E-state index is 0.265. The first-order valence-electron chi connectivity index (χ1n) is 6.05. The Morgan fingerprint density at radius 3 is 2.65 bits per heavy atom. The van der Waals surface area contributed by atoms with Gasteiger partial charge >= 0.3 is 0 Å². The lowest BCUT2D eigenvalue weighted by Gasteiger charge is -2.07. The Hall–Kier alpha value is -2.69. The molecule has 0 aliphatic heterocycles. The Kier molecular flexibility index (Phi) is 2.95. The van der Waals surface area contributed by atoms with Crippen LogP contribution < -0.4 is 10.5 Å². The van der Waals surface area contributed by atoms with Crippen LogP contribution in [0.15, 0.2) is 42.5 Å². The molecule has 20 heavy (non-hydrogen) atoms. The summed E-state index contributed by atoms with van der Waals surface area (Å²) in [5.41, 5.74) is 6.87. The lowest BCUT2D eigenvalue weighted by atomic mass is 10.1. The number of benzene rings is 2. The minimum atomic E-state index is -0.380. The second-order valence-electron chi connectivity index (χ2n) is 4.30. The maximum absolute atomic E-state index is 13.8. The number of nitrogens with two attached hydrogens (primary N) is 1. The first kappa shape index (κ1) is 12.3. The molecule has 0 spiro atoms. The van der Waals surface area contributed by atoms with Crippen molar-refractivity contribution in [3.8, 4) is 17.1 Å². The molecule has 5 heteroatoms. The molecule has 0 fully saturated rings. The molecule has 2 N–H and O–H groups in total. The zero-order chi connectivity index (χ0) is 14.1. The minimum Gasteiger partial charge on any atom is -0.497 e. The van der Waals surface area contributed by atoms with E-state index in [1.807, 2.05) is 0 Å². The van der Waals surface area contributed by atoms with E-state index in [0.717, 1.165) is 0 Å². The Labute approximate surface area is 115 Å². The summed E-state index contributed by atoms with van der Waals surface area (Å²) in [5.74, 6) is 0.862. The molecular weight excluding hydrogens is 257 g/mol. The Balaban J connectivity index is 2.25. The molecule has 3 rings (SSSR count). The quantitative estimate of drug-likeness (QED) is 0.776. The molecule has 4 nitrogen and oxygen atoms in total. The van der Waals surface area contributed by atoms with E-state index in [-0.39, 0.29) is 11.6 Å². The SMILES string of the molecule is COc1ccc2c(N)nc(-c3ccccc3F)nc2c1. The number of aromatic nitrogens is 2. The largest absolute Gasteiger partial charge is 0.497 e. The van der Waals surface area contributed by atoms with Gasteiger partial charge in [0.25, 0.3) is 0 Å². The van der Waals surface area contributed by atoms with E-state index in [0.29, 0.717) is 28.0 Å². The van der Waals surface area contributed by atoms with Crippen molar-refractivity contribution in [1.82, 2.24) is 9.97 Å². The van der Waals surface area contributed by atoms with Crippen LogP contribution in [-0.2, 0) is 0 Å². The van der Waals surface area contributed by atoms with Crippen molar-refractivity contribution in [3.05, 3.63) is 48.3 Å². The number of hydrogen-bond donors (Lipinski definition) is 1. The highest BCUT2D eigenvalue weighted by Gasteiger charge is 2.11. The van der Waals surface area contributed by atoms with Crippen LogP contribution in [0.1, 0.15) is 0 Å². The van der Waals surface area contributed by atoms with E-state index >= 15 is 0 Å². The lowest BCUT2D eigenvalue weighted by molar-refractivity contribution is 0.415. The van der Waals surface area contributed by atoms with E-state index in [4.69, 9.17) is 10.5 Å². The zero-order valence-electron chi connectivity index (χ0n) is 10.8. The third-order valence-corrected chi connectivity index (χ3v) is 3.05. The van der Waals surface area contributed by atoms with Crippen molar-refractivity contribution in [2.75, 3.05) is 12.8 Å². The van der Waals surface area contributed by atoms with Crippen LogP contribution in [0, 0.1) is 5.82 Å². The van der Waals surface area contributed by atoms with E-state index in [9.17, 15) is 4.39 Å². The Morgan fingerprint density at radius 1 is 1.10 bits per heavy atom. The molecule has 2 aromatic carbocycles. The van der Waals surface area contributed by atoms with Gasteiger partial charge in [-0.15, -0.1) is 0 Å². The van der Waals surface area contributed by atoms with Crippen LogP contribution in [0.5, 0.6) is 5.75 Å². The third kappa shape index (κ3) is 2.03. The topological polar surface area (TPSA) is 61.0 Å². The van der Waals surface area contributed by atoms with Gasteiger partial charge in [0.15, 0.2) is 5.82 Å². The maximum atomic E-state index is 13.8. The summed E-state index contributed by atoms with van der Waals surface area (Å²) in [4.78, 5) is 8.54. The molecule has 1 heterocycles. The monoisotopic (exact) mass is 269 g/mol. The Bertz CT molecular complexity index is 789. The summed E-state index contributed by atoms with van der Waals surface area (Å²) in [6.45, 7) is 0. The van der Waals surface area contributed by atoms with Crippen LogP contribution in [0.2, 0.25) is 0 Å². The lowest BCUT2D eigenvalue weighted by Crippen LogP contribution is -1.99. The van der Waals surface area contributed by atoms with Gasteiger partial charge in [0.1, 0.15) is 17.4 Å². The van der Waals surface area contributed by atoms with Crippen molar-refractivity contribution in [3.63, 3.8) is 0 Å². The smallest absolute Gasteiger partial charge is 0.165 e. The summed E-state index contributed by atoms with van der Waals surface area (Å²) in [6, 6.07) is 11.7. The number of ether oxygens (including phenoxy) is 1. The summed E-state index contributed by atoms with van der Waals surface area (Å²) in [5, 5.41) is 0.714. The number of methoxy groups -OCH3 is 1. The molecule has 1 aromatic heterocycles. The fourth-order valence-corrected chi connectivity index (χ4v) is 2.02. The number of rotatable bonds is 2. The van der Waals surface area contributed by atoms with Crippen molar-refractivity contribution >= 4 is 16.7 Å². The van der Waals surface area contributed by atoms with Crippen LogP contribution >= 0.6 is 0 Å². The maximum Gasteiger partial charge on any atom is 0.165 e. The van der Waals surface area contributed by atoms with Crippen molar-refractivity contribution < 1.29 is 9.13 Å². The zero-order valence-corrected chi connectivity index (χ0v) is 10.8. The average molecular weight is 269 g/mol. The fourth-order valence-electron chi connectivity index (χ4n) is 2.02. The van der Waals surface area contributed by atoms with E-state index in [1.54, 1.807) is 43.5 Å². The molecule has 0 unspecified atom stereocenters. The van der Waals surface area contributed by atoms with Gasteiger partial charge in [-0.1, -0.05) is 12.1 Å². The first-order chi connectivity index (χ1) is 9.69. The number of nitrogens with zero attached hydrogens (tertiary/aromatic N) is 2. The molecule has 0 radical (unpaired) electrons. The molecule has 3 aromatic rings. The molecule has 0 saturated heterocycles. The number of halogens is 1. The van der Waals surface area contributed by atoms with E-state index in [1.165, 1.54) is 6.07 Å². The second-order valence-corrected chi connectivity index (χ2v) is 4.30. The number of fused-ring (bicyclic) bond motifs is 1. The van der Waals surface area contributed by atoms with Gasteiger partial charge in [0, 0.05) is 11.5 Å². The second kappa shape index (κ2) is 4.77. The van der Waals surface area contributed by atoms with Gasteiger partial charge in [0.2, 0.25) is 0 Å². The summed E-state index contributed by atoms with van der Waals surface area (Å²) in [6.07, 6.45) is 0. The summed E-state index contributed by atoms with van der Waals surface area (Å²) in [7, 11) is 1.57. The van der Waals surface area contributed by atoms with Gasteiger partial charge < -0.3 is 10.5 Å². The average Bonchev–Trinajstić information content (AvgIpc) is 2.47. The highest BCUT2D eigenvalue weighted by molar-refractivity contribution is 5.90. The predicted octanol–water partition coefficient (Wildman–Crippen LogP) is 3.03. The van der Waals surface area contributed by atoms with Crippen molar-refractivity contribution in [2.45, 2.75) is 0 Å². The van der Waals surface area contributed by atoms with Crippen LogP contribution in [0.3, 0.4) is 0 Å². The number of hydrogen-bond acceptors (Lipinski definition) is 4. The predicted molar refractivity (Wildman–Crippen MR) is 75.9 cm³/mol. The molecular formula is C15H12FN3O. The normalized spacial score (nSPS) is 10.7. The van der Waals surface area contributed by atoms with Crippen molar-refractivity contribution in [2.24, 2.45) is 0 Å². The molecule has 0 bridgehead atoms. The van der Waals surface area contributed by atoms with Crippen LogP contribution in [0.25, 0.3) is 22.3 Å². The van der Waals surface area contributed by atoms with Gasteiger partial charge in [-0.2, -0.15) is 0 Å². The fraction of sp³-hybridized carbons (Fsp3) is 0.0667. The van der Waals surface area contributed by atoms with Crippen LogP contribution in [0.4, 0.5) is 10.2 Å². The summed E-state index contributed by atoms with van der Waals surface area (Å²) >= 11 is 0. The number of nitrogen functional groups attached to an aromatic ring is 1. The standard InChI is InChI=1S/C15H12FN3O/c1-20-9-6-7-11-13(8-9)18-15(19-14(11)17)10-4-2-3-5-12(10)16/h2-8H,1H3,(H2,17,18,19). The van der Waals surface area contributed by atoms with Crippen molar-refractivity contribution in [1.29, 1.82) is 0 Å². The third-order valence-electron chi connectivity index (χ3n) is 3.05. The Morgan fingerprint density at radius 2 is 1.90 bits per heavy atom. The molecule has 0 amide bonds. The van der Waals surface area contributed by atoms with E-state index < -0.39 is 0 Å². The highest BCUT2D eigenvalue weighted by Crippen LogP contribution is 2.27. The van der Waals surface area contributed by atoms with Gasteiger partial charge in [0.05, 0.1) is 18.2 Å². The van der Waals surface area contributed by atoms with E-state index in [2.05, 4.69) is 9.97 Å². The molecule has 0 aliphatic rings. The molecule has 0 saturated carbocycles. The molecule has 0 aliphatic carbocycles. The van der Waals surface area contributed by atoms with Crippen LogP contribution in [-0.4, -0.2) is 17.1 Å². The first-order valence-corrected chi connectivity index (χ1v) is 6.05. The molecule has 100 valence electrons. The molecule has 0 atom stereocenters. The van der Waals surface area contributed by atoms with Gasteiger partial charge in [-0.25, -0.2) is 14.4 Å². The number of anilines is 1. The highest BCUT2D eigenvalue weighted by atomic mass is 19.1.